The Morgan fingerprint density at radius 3 is 2.60 bits per heavy atom. The molecule has 1 fully saturated rings. The summed E-state index contributed by atoms with van der Waals surface area (Å²) in [5.41, 5.74) is 2.93. The predicted molar refractivity (Wildman–Crippen MR) is 85.0 cm³/mol. The Hall–Kier alpha value is -0.830. The van der Waals surface area contributed by atoms with E-state index in [2.05, 4.69) is 50.7 Å². The maximum absolute atomic E-state index is 4.69. The molecular formula is C17H31N3. The average molecular weight is 277 g/mol. The summed E-state index contributed by atoms with van der Waals surface area (Å²) in [7, 11) is 0. The monoisotopic (exact) mass is 277 g/mol. The lowest BCUT2D eigenvalue weighted by Crippen LogP contribution is -2.39. The van der Waals surface area contributed by atoms with Crippen LogP contribution in [0.15, 0.2) is 6.07 Å². The molecule has 1 aromatic heterocycles. The Morgan fingerprint density at radius 2 is 2.10 bits per heavy atom. The number of hydrogen-bond acceptors (Lipinski definition) is 2. The lowest BCUT2D eigenvalue weighted by molar-refractivity contribution is 0.201. The molecule has 1 N–H and O–H groups in total. The van der Waals surface area contributed by atoms with Gasteiger partial charge >= 0.3 is 0 Å². The van der Waals surface area contributed by atoms with Gasteiger partial charge in [-0.15, -0.1) is 0 Å². The summed E-state index contributed by atoms with van der Waals surface area (Å²) in [5.74, 6) is 0.666. The summed E-state index contributed by atoms with van der Waals surface area (Å²) >= 11 is 0. The highest BCUT2D eigenvalue weighted by molar-refractivity contribution is 5.13. The van der Waals surface area contributed by atoms with Gasteiger partial charge < -0.3 is 5.32 Å². The number of aryl methyl sites for hydroxylation is 2. The Kier molecular flexibility index (Phi) is 4.90. The first-order chi connectivity index (χ1) is 9.48. The lowest BCUT2D eigenvalue weighted by atomic mass is 9.75. The highest BCUT2D eigenvalue weighted by atomic mass is 15.3. The third kappa shape index (κ3) is 3.63. The van der Waals surface area contributed by atoms with Crippen LogP contribution in [0.3, 0.4) is 0 Å². The minimum atomic E-state index is 0.306. The molecule has 0 amide bonds. The van der Waals surface area contributed by atoms with Crippen LogP contribution in [0, 0.1) is 11.3 Å². The van der Waals surface area contributed by atoms with E-state index in [1.54, 1.807) is 0 Å². The summed E-state index contributed by atoms with van der Waals surface area (Å²) in [6.45, 7) is 13.6. The standard InChI is InChI=1S/C17H31N3/c1-6-14-10-16(20(7-2)19-14)11-17(5,13(3)4)12-18-15-8-9-15/h10,13,15,18H,6-9,11-12H2,1-5H3. The van der Waals surface area contributed by atoms with Crippen molar-refractivity contribution in [2.75, 3.05) is 6.54 Å². The van der Waals surface area contributed by atoms with Crippen LogP contribution in [-0.4, -0.2) is 22.4 Å². The van der Waals surface area contributed by atoms with E-state index in [1.807, 2.05) is 0 Å². The van der Waals surface area contributed by atoms with Crippen molar-refractivity contribution in [2.24, 2.45) is 11.3 Å². The predicted octanol–water partition coefficient (Wildman–Crippen LogP) is 3.42. The van der Waals surface area contributed by atoms with E-state index >= 15 is 0 Å². The zero-order valence-corrected chi connectivity index (χ0v) is 13.9. The normalized spacial score (nSPS) is 18.5. The van der Waals surface area contributed by atoms with Crippen LogP contribution in [0.4, 0.5) is 0 Å². The fraction of sp³-hybridized carbons (Fsp3) is 0.824. The quantitative estimate of drug-likeness (QED) is 0.789. The fourth-order valence-corrected chi connectivity index (χ4v) is 2.65. The maximum Gasteiger partial charge on any atom is 0.0624 e. The van der Waals surface area contributed by atoms with Gasteiger partial charge in [0.05, 0.1) is 5.69 Å². The fourth-order valence-electron chi connectivity index (χ4n) is 2.65. The molecule has 1 aliphatic rings. The Balaban J connectivity index is 2.11. The van der Waals surface area contributed by atoms with Crippen LogP contribution in [0.2, 0.25) is 0 Å². The van der Waals surface area contributed by atoms with Gasteiger partial charge in [0.2, 0.25) is 0 Å². The van der Waals surface area contributed by atoms with Crippen LogP contribution in [0.1, 0.15) is 58.8 Å². The zero-order chi connectivity index (χ0) is 14.8. The molecule has 3 nitrogen and oxygen atoms in total. The Labute approximate surface area is 124 Å². The van der Waals surface area contributed by atoms with Crippen molar-refractivity contribution < 1.29 is 0 Å². The van der Waals surface area contributed by atoms with E-state index < -0.39 is 0 Å². The van der Waals surface area contributed by atoms with Crippen molar-refractivity contribution >= 4 is 0 Å². The Morgan fingerprint density at radius 1 is 1.40 bits per heavy atom. The molecule has 1 aromatic rings. The molecule has 0 spiro atoms. The third-order valence-corrected chi connectivity index (χ3v) is 4.93. The topological polar surface area (TPSA) is 29.9 Å². The largest absolute Gasteiger partial charge is 0.313 e. The minimum Gasteiger partial charge on any atom is -0.313 e. The van der Waals surface area contributed by atoms with Crippen molar-refractivity contribution in [2.45, 2.75) is 72.9 Å². The average Bonchev–Trinajstić information content (AvgIpc) is 3.17. The van der Waals surface area contributed by atoms with Crippen LogP contribution in [0.25, 0.3) is 0 Å². The molecule has 1 unspecified atom stereocenters. The molecule has 1 aliphatic carbocycles. The van der Waals surface area contributed by atoms with Gasteiger partial charge in [-0.05, 0) is 50.0 Å². The molecule has 1 atom stereocenters. The summed E-state index contributed by atoms with van der Waals surface area (Å²) in [5, 5.41) is 8.42. The SMILES string of the molecule is CCc1cc(CC(C)(CNC2CC2)C(C)C)n(CC)n1. The second-order valence-corrected chi connectivity index (χ2v) is 6.94. The van der Waals surface area contributed by atoms with Crippen molar-refractivity contribution in [3.8, 4) is 0 Å². The molecule has 0 saturated heterocycles. The molecule has 3 heteroatoms. The highest BCUT2D eigenvalue weighted by Gasteiger charge is 2.32. The van der Waals surface area contributed by atoms with E-state index in [1.165, 1.54) is 24.2 Å². The van der Waals surface area contributed by atoms with Gasteiger partial charge in [-0.25, -0.2) is 0 Å². The second-order valence-electron chi connectivity index (χ2n) is 6.94. The van der Waals surface area contributed by atoms with Gasteiger partial charge in [0.1, 0.15) is 0 Å². The molecule has 0 radical (unpaired) electrons. The summed E-state index contributed by atoms with van der Waals surface area (Å²) < 4.78 is 2.19. The number of nitrogens with one attached hydrogen (secondary N) is 1. The number of rotatable bonds is 8. The van der Waals surface area contributed by atoms with Gasteiger partial charge in [0.15, 0.2) is 0 Å². The molecule has 20 heavy (non-hydrogen) atoms. The van der Waals surface area contributed by atoms with Crippen LogP contribution in [-0.2, 0) is 19.4 Å². The van der Waals surface area contributed by atoms with E-state index in [0.717, 1.165) is 32.0 Å². The molecule has 0 aliphatic heterocycles. The van der Waals surface area contributed by atoms with Crippen LogP contribution >= 0.6 is 0 Å². The van der Waals surface area contributed by atoms with Gasteiger partial charge in [0, 0.05) is 24.8 Å². The lowest BCUT2D eigenvalue weighted by Gasteiger charge is -2.34. The summed E-state index contributed by atoms with van der Waals surface area (Å²) in [6, 6.07) is 3.09. The first-order valence-corrected chi connectivity index (χ1v) is 8.27. The molecule has 1 heterocycles. The highest BCUT2D eigenvalue weighted by Crippen LogP contribution is 2.32. The molecule has 2 rings (SSSR count). The molecule has 0 aromatic carbocycles. The second kappa shape index (κ2) is 6.30. The van der Waals surface area contributed by atoms with Crippen LogP contribution < -0.4 is 5.32 Å². The van der Waals surface area contributed by atoms with Crippen molar-refractivity contribution in [3.05, 3.63) is 17.5 Å². The number of aromatic nitrogens is 2. The molecule has 114 valence electrons. The molecule has 1 saturated carbocycles. The van der Waals surface area contributed by atoms with Crippen molar-refractivity contribution in [1.29, 1.82) is 0 Å². The number of nitrogens with zero attached hydrogens (tertiary/aromatic N) is 2. The maximum atomic E-state index is 4.69. The van der Waals surface area contributed by atoms with E-state index in [4.69, 9.17) is 5.10 Å². The zero-order valence-electron chi connectivity index (χ0n) is 13.9. The Bertz CT molecular complexity index is 431. The summed E-state index contributed by atoms with van der Waals surface area (Å²) in [4.78, 5) is 0. The third-order valence-electron chi connectivity index (χ3n) is 4.93. The van der Waals surface area contributed by atoms with Crippen LogP contribution in [0.5, 0.6) is 0 Å². The van der Waals surface area contributed by atoms with Crippen molar-refractivity contribution in [1.82, 2.24) is 15.1 Å². The van der Waals surface area contributed by atoms with Gasteiger partial charge in [-0.2, -0.15) is 5.10 Å². The van der Waals surface area contributed by atoms with Gasteiger partial charge in [0.25, 0.3) is 0 Å². The van der Waals surface area contributed by atoms with E-state index in [-0.39, 0.29) is 0 Å². The number of hydrogen-bond donors (Lipinski definition) is 1. The molecular weight excluding hydrogens is 246 g/mol. The first kappa shape index (κ1) is 15.6. The smallest absolute Gasteiger partial charge is 0.0624 e. The van der Waals surface area contributed by atoms with Gasteiger partial charge in [-0.3, -0.25) is 4.68 Å². The van der Waals surface area contributed by atoms with E-state index in [9.17, 15) is 0 Å². The minimum absolute atomic E-state index is 0.306. The first-order valence-electron chi connectivity index (χ1n) is 8.27. The summed E-state index contributed by atoms with van der Waals surface area (Å²) in [6.07, 6.45) is 4.87. The van der Waals surface area contributed by atoms with E-state index in [0.29, 0.717) is 11.3 Å². The van der Waals surface area contributed by atoms with Gasteiger partial charge in [-0.1, -0.05) is 27.7 Å². The van der Waals surface area contributed by atoms with Crippen molar-refractivity contribution in [3.63, 3.8) is 0 Å². The molecule has 0 bridgehead atoms.